The molecule has 0 spiro atoms. The Morgan fingerprint density at radius 2 is 2.08 bits per heavy atom. The van der Waals surface area contributed by atoms with E-state index in [1.165, 1.54) is 0 Å². The molecule has 12 heavy (non-hydrogen) atoms. The lowest BCUT2D eigenvalue weighted by molar-refractivity contribution is 0.172. The lowest BCUT2D eigenvalue weighted by atomic mass is 10.2. The lowest BCUT2D eigenvalue weighted by Crippen LogP contribution is -2.33. The van der Waals surface area contributed by atoms with Gasteiger partial charge in [0.1, 0.15) is 0 Å². The molecular formula is C9H18OS2. The average molecular weight is 206 g/mol. The Bertz CT molecular complexity index is 140. The van der Waals surface area contributed by atoms with Crippen molar-refractivity contribution >= 4 is 23.5 Å². The van der Waals surface area contributed by atoms with Crippen LogP contribution in [0.25, 0.3) is 0 Å². The standard InChI is InChI=1S/C9H18OS2/c1-4-8(10)9-5-11-6(2)7(3)12-9/h6-10H,4-5H2,1-3H3. The third-order valence-electron chi connectivity index (χ3n) is 2.42. The minimum Gasteiger partial charge on any atom is -0.392 e. The Morgan fingerprint density at radius 3 is 2.58 bits per heavy atom. The van der Waals surface area contributed by atoms with Crippen molar-refractivity contribution in [2.24, 2.45) is 0 Å². The van der Waals surface area contributed by atoms with Crippen molar-refractivity contribution < 1.29 is 5.11 Å². The molecule has 1 N–H and O–H groups in total. The number of thioether (sulfide) groups is 2. The summed E-state index contributed by atoms with van der Waals surface area (Å²) in [6, 6.07) is 0. The molecule has 0 saturated carbocycles. The van der Waals surface area contributed by atoms with Crippen LogP contribution >= 0.6 is 23.5 Å². The Balaban J connectivity index is 2.39. The normalized spacial score (nSPS) is 39.5. The van der Waals surface area contributed by atoms with Crippen molar-refractivity contribution in [2.75, 3.05) is 5.75 Å². The Kier molecular flexibility index (Phi) is 4.27. The summed E-state index contributed by atoms with van der Waals surface area (Å²) < 4.78 is 0. The van der Waals surface area contributed by atoms with Crippen LogP contribution in [-0.4, -0.2) is 32.7 Å². The van der Waals surface area contributed by atoms with Crippen molar-refractivity contribution in [3.63, 3.8) is 0 Å². The van der Waals surface area contributed by atoms with Crippen LogP contribution in [0.3, 0.4) is 0 Å². The van der Waals surface area contributed by atoms with E-state index in [1.54, 1.807) is 0 Å². The molecule has 0 amide bonds. The molecule has 0 aromatic heterocycles. The first-order valence-corrected chi connectivity index (χ1v) is 6.59. The first-order chi connectivity index (χ1) is 5.65. The van der Waals surface area contributed by atoms with Gasteiger partial charge in [-0.2, -0.15) is 23.5 Å². The maximum Gasteiger partial charge on any atom is 0.0664 e. The summed E-state index contributed by atoms with van der Waals surface area (Å²) in [5, 5.41) is 11.6. The zero-order valence-electron chi connectivity index (χ0n) is 7.99. The summed E-state index contributed by atoms with van der Waals surface area (Å²) in [5.41, 5.74) is 0. The minimum atomic E-state index is -0.0996. The smallest absolute Gasteiger partial charge is 0.0664 e. The van der Waals surface area contributed by atoms with Crippen LogP contribution in [0, 0.1) is 0 Å². The fourth-order valence-corrected chi connectivity index (χ4v) is 4.38. The average Bonchev–Trinajstić information content (AvgIpc) is 2.08. The molecule has 1 nitrogen and oxygen atoms in total. The highest BCUT2D eigenvalue weighted by atomic mass is 32.2. The molecule has 3 heteroatoms. The second kappa shape index (κ2) is 4.77. The number of hydrogen-bond acceptors (Lipinski definition) is 3. The van der Waals surface area contributed by atoms with Crippen LogP contribution in [0.5, 0.6) is 0 Å². The minimum absolute atomic E-state index is 0.0996. The zero-order valence-corrected chi connectivity index (χ0v) is 9.62. The highest BCUT2D eigenvalue weighted by Crippen LogP contribution is 2.37. The molecule has 0 aromatic carbocycles. The van der Waals surface area contributed by atoms with Gasteiger partial charge < -0.3 is 5.11 Å². The second-order valence-electron chi connectivity index (χ2n) is 3.39. The maximum atomic E-state index is 9.65. The van der Waals surface area contributed by atoms with E-state index in [4.69, 9.17) is 0 Å². The molecule has 1 aliphatic heterocycles. The van der Waals surface area contributed by atoms with Gasteiger partial charge in [0, 0.05) is 21.5 Å². The van der Waals surface area contributed by atoms with E-state index >= 15 is 0 Å². The second-order valence-corrected chi connectivity index (χ2v) is 6.43. The molecule has 1 aliphatic rings. The van der Waals surface area contributed by atoms with Crippen molar-refractivity contribution in [1.29, 1.82) is 0 Å². The predicted molar refractivity (Wildman–Crippen MR) is 59.1 cm³/mol. The molecule has 1 saturated heterocycles. The molecule has 1 fully saturated rings. The Morgan fingerprint density at radius 1 is 1.42 bits per heavy atom. The molecule has 0 aliphatic carbocycles. The van der Waals surface area contributed by atoms with Gasteiger partial charge in [0.2, 0.25) is 0 Å². The van der Waals surface area contributed by atoms with Crippen molar-refractivity contribution in [2.45, 2.75) is 49.0 Å². The molecule has 1 rings (SSSR count). The molecule has 0 bridgehead atoms. The van der Waals surface area contributed by atoms with E-state index in [0.717, 1.165) is 17.4 Å². The monoisotopic (exact) mass is 206 g/mol. The van der Waals surface area contributed by atoms with Crippen molar-refractivity contribution in [3.05, 3.63) is 0 Å². The van der Waals surface area contributed by atoms with Gasteiger partial charge in [0.25, 0.3) is 0 Å². The van der Waals surface area contributed by atoms with Crippen LogP contribution in [0.15, 0.2) is 0 Å². The molecular weight excluding hydrogens is 188 g/mol. The van der Waals surface area contributed by atoms with E-state index in [-0.39, 0.29) is 6.10 Å². The van der Waals surface area contributed by atoms with E-state index < -0.39 is 0 Å². The first-order valence-electron chi connectivity index (χ1n) is 4.60. The summed E-state index contributed by atoms with van der Waals surface area (Å²) in [6.07, 6.45) is 0.789. The van der Waals surface area contributed by atoms with Gasteiger partial charge >= 0.3 is 0 Å². The lowest BCUT2D eigenvalue weighted by Gasteiger charge is -2.33. The SMILES string of the molecule is CCC(O)C1CSC(C)C(C)S1. The van der Waals surface area contributed by atoms with Crippen molar-refractivity contribution in [3.8, 4) is 0 Å². The number of aliphatic hydroxyl groups is 1. The van der Waals surface area contributed by atoms with Crippen molar-refractivity contribution in [1.82, 2.24) is 0 Å². The number of rotatable bonds is 2. The maximum absolute atomic E-state index is 9.65. The van der Waals surface area contributed by atoms with Crippen LogP contribution in [0.4, 0.5) is 0 Å². The van der Waals surface area contributed by atoms with E-state index in [2.05, 4.69) is 20.8 Å². The number of hydrogen-bond donors (Lipinski definition) is 1. The fraction of sp³-hybridized carbons (Fsp3) is 1.00. The topological polar surface area (TPSA) is 20.2 Å². The first kappa shape index (κ1) is 10.7. The molecule has 1 heterocycles. The van der Waals surface area contributed by atoms with Gasteiger partial charge in [-0.1, -0.05) is 20.8 Å². The van der Waals surface area contributed by atoms with Gasteiger partial charge in [0.05, 0.1) is 6.10 Å². The quantitative estimate of drug-likeness (QED) is 0.749. The van der Waals surface area contributed by atoms with Crippen LogP contribution in [0.1, 0.15) is 27.2 Å². The fourth-order valence-electron chi connectivity index (χ4n) is 1.27. The Labute approximate surface area is 83.7 Å². The largest absolute Gasteiger partial charge is 0.392 e. The van der Waals surface area contributed by atoms with Crippen LogP contribution < -0.4 is 0 Å². The van der Waals surface area contributed by atoms with Crippen LogP contribution in [0.2, 0.25) is 0 Å². The van der Waals surface area contributed by atoms with Gasteiger partial charge in [-0.25, -0.2) is 0 Å². The van der Waals surface area contributed by atoms with Gasteiger partial charge in [-0.05, 0) is 6.42 Å². The van der Waals surface area contributed by atoms with Gasteiger partial charge in [0.15, 0.2) is 0 Å². The van der Waals surface area contributed by atoms with E-state index in [1.807, 2.05) is 23.5 Å². The summed E-state index contributed by atoms with van der Waals surface area (Å²) in [4.78, 5) is 0. The number of aliphatic hydroxyl groups excluding tert-OH is 1. The summed E-state index contributed by atoms with van der Waals surface area (Å²) in [7, 11) is 0. The highest BCUT2D eigenvalue weighted by molar-refractivity contribution is 8.07. The Hall–Kier alpha value is 0.660. The third kappa shape index (κ3) is 2.57. The van der Waals surface area contributed by atoms with Gasteiger partial charge in [-0.15, -0.1) is 0 Å². The summed E-state index contributed by atoms with van der Waals surface area (Å²) in [6.45, 7) is 6.59. The zero-order chi connectivity index (χ0) is 9.14. The van der Waals surface area contributed by atoms with Crippen LogP contribution in [-0.2, 0) is 0 Å². The molecule has 4 unspecified atom stereocenters. The molecule has 72 valence electrons. The van der Waals surface area contributed by atoms with E-state index in [0.29, 0.717) is 10.5 Å². The summed E-state index contributed by atoms with van der Waals surface area (Å²) >= 11 is 3.95. The molecule has 0 aromatic rings. The predicted octanol–water partition coefficient (Wildman–Crippen LogP) is 2.38. The van der Waals surface area contributed by atoms with E-state index in [9.17, 15) is 5.11 Å². The van der Waals surface area contributed by atoms with Gasteiger partial charge in [-0.3, -0.25) is 0 Å². The molecule has 0 radical (unpaired) electrons. The molecule has 4 atom stereocenters. The summed E-state index contributed by atoms with van der Waals surface area (Å²) in [5.74, 6) is 1.12. The third-order valence-corrected chi connectivity index (χ3v) is 5.96. The highest BCUT2D eigenvalue weighted by Gasteiger charge is 2.29.